The van der Waals surface area contributed by atoms with Crippen LogP contribution in [0.4, 0.5) is 0 Å². The van der Waals surface area contributed by atoms with Crippen molar-refractivity contribution in [1.82, 2.24) is 30.6 Å². The number of aromatic nitrogens is 4. The summed E-state index contributed by atoms with van der Waals surface area (Å²) in [6.45, 7) is 4.54. The monoisotopic (exact) mass is 506 g/mol. The van der Waals surface area contributed by atoms with E-state index in [4.69, 9.17) is 19.9 Å². The summed E-state index contributed by atoms with van der Waals surface area (Å²) in [6.07, 6.45) is 7.68. The molecule has 0 aliphatic carbocycles. The number of H-pyrrole nitrogens is 2. The van der Waals surface area contributed by atoms with Crippen LogP contribution >= 0.6 is 0 Å². The van der Waals surface area contributed by atoms with Gasteiger partial charge in [-0.25, -0.2) is 0 Å². The molecule has 5 aromatic rings. The lowest BCUT2D eigenvalue weighted by molar-refractivity contribution is -0.134. The molecule has 5 heterocycles. The number of aliphatic imine (C=N–C) groups is 2. The first-order valence-corrected chi connectivity index (χ1v) is 12.4. The molecule has 10 heteroatoms. The van der Waals surface area contributed by atoms with E-state index in [-0.39, 0.29) is 0 Å². The second-order valence-corrected chi connectivity index (χ2v) is 9.05. The third-order valence-electron chi connectivity index (χ3n) is 6.46. The van der Waals surface area contributed by atoms with E-state index in [2.05, 4.69) is 67.0 Å². The smallest absolute Gasteiger partial charge is 0.300 e. The van der Waals surface area contributed by atoms with Crippen LogP contribution in [-0.4, -0.2) is 68.9 Å². The summed E-state index contributed by atoms with van der Waals surface area (Å²) in [5.74, 6) is 1.08. The van der Waals surface area contributed by atoms with Crippen molar-refractivity contribution in [2.75, 3.05) is 26.2 Å². The van der Waals surface area contributed by atoms with Crippen molar-refractivity contribution in [2.24, 2.45) is 9.98 Å². The highest BCUT2D eigenvalue weighted by Gasteiger charge is 2.15. The van der Waals surface area contributed by atoms with E-state index < -0.39 is 5.97 Å². The van der Waals surface area contributed by atoms with Crippen LogP contribution < -0.4 is 10.6 Å². The average Bonchev–Trinajstić information content (AvgIpc) is 3.74. The standard InChI is InChI=1S/C26H22N8.C2H4O2/c1-3-17-19(11-31-21(17)9-15(1)25-27-5-6-28-25)23-13-34-24(14-33-23)20-12-32-22-10-16(2-4-18(20)22)26-29-7-8-30-26;1-2(3)4/h1-4,9-14,31-32H,5-8H2,(H,27,28)(H,29,30);1H3,(H,3,4). The molecule has 10 nitrogen and oxygen atoms in total. The molecule has 190 valence electrons. The summed E-state index contributed by atoms with van der Waals surface area (Å²) in [7, 11) is 0. The van der Waals surface area contributed by atoms with Crippen molar-refractivity contribution in [1.29, 1.82) is 0 Å². The van der Waals surface area contributed by atoms with E-state index in [0.717, 1.165) is 100 Å². The van der Waals surface area contributed by atoms with Gasteiger partial charge in [-0.15, -0.1) is 0 Å². The molecule has 2 aromatic carbocycles. The van der Waals surface area contributed by atoms with Gasteiger partial charge in [0.05, 0.1) is 36.9 Å². The molecule has 0 saturated carbocycles. The first kappa shape index (κ1) is 23.4. The van der Waals surface area contributed by atoms with Crippen molar-refractivity contribution < 1.29 is 9.90 Å². The van der Waals surface area contributed by atoms with Crippen LogP contribution in [0.15, 0.2) is 71.2 Å². The molecule has 3 aromatic heterocycles. The largest absolute Gasteiger partial charge is 0.481 e. The number of amidine groups is 2. The van der Waals surface area contributed by atoms with Gasteiger partial charge < -0.3 is 25.7 Å². The Morgan fingerprint density at radius 2 is 1.21 bits per heavy atom. The van der Waals surface area contributed by atoms with Crippen molar-refractivity contribution in [3.05, 3.63) is 72.3 Å². The third kappa shape index (κ3) is 4.47. The number of fused-ring (bicyclic) bond motifs is 2. The van der Waals surface area contributed by atoms with Crippen LogP contribution in [0, 0.1) is 0 Å². The van der Waals surface area contributed by atoms with Crippen LogP contribution in [0.1, 0.15) is 18.1 Å². The van der Waals surface area contributed by atoms with Gasteiger partial charge in [-0.2, -0.15) is 0 Å². The maximum Gasteiger partial charge on any atom is 0.300 e. The zero-order valence-corrected chi connectivity index (χ0v) is 20.7. The second kappa shape index (κ2) is 9.81. The zero-order valence-electron chi connectivity index (χ0n) is 20.7. The number of carbonyl (C=O) groups is 1. The van der Waals surface area contributed by atoms with E-state index in [1.54, 1.807) is 0 Å². The first-order valence-electron chi connectivity index (χ1n) is 12.4. The molecule has 2 aliphatic rings. The predicted molar refractivity (Wildman–Crippen MR) is 149 cm³/mol. The molecule has 5 N–H and O–H groups in total. The van der Waals surface area contributed by atoms with E-state index >= 15 is 0 Å². The minimum absolute atomic E-state index is 0.829. The summed E-state index contributed by atoms with van der Waals surface area (Å²) in [5.41, 5.74) is 8.06. The Hall–Kier alpha value is -4.99. The molecular weight excluding hydrogens is 480 g/mol. The number of nitrogens with one attached hydrogen (secondary N) is 4. The van der Waals surface area contributed by atoms with E-state index in [1.807, 2.05) is 24.8 Å². The fourth-order valence-corrected chi connectivity index (χ4v) is 4.76. The predicted octanol–water partition coefficient (Wildman–Crippen LogP) is 3.56. The Morgan fingerprint density at radius 1 is 0.763 bits per heavy atom. The fourth-order valence-electron chi connectivity index (χ4n) is 4.76. The molecule has 2 aliphatic heterocycles. The van der Waals surface area contributed by atoms with Crippen molar-refractivity contribution in [3.63, 3.8) is 0 Å². The Balaban J connectivity index is 0.000000620. The highest BCUT2D eigenvalue weighted by molar-refractivity contribution is 6.05. The summed E-state index contributed by atoms with van der Waals surface area (Å²) in [4.78, 5) is 34.3. The summed E-state index contributed by atoms with van der Waals surface area (Å²) < 4.78 is 0. The summed E-state index contributed by atoms with van der Waals surface area (Å²) in [6, 6.07) is 12.7. The maximum absolute atomic E-state index is 9.00. The second-order valence-electron chi connectivity index (χ2n) is 9.05. The Morgan fingerprint density at radius 3 is 1.58 bits per heavy atom. The van der Waals surface area contributed by atoms with Gasteiger partial charge in [0, 0.05) is 76.5 Å². The molecule has 7 rings (SSSR count). The van der Waals surface area contributed by atoms with Crippen molar-refractivity contribution in [2.45, 2.75) is 6.92 Å². The quantitative estimate of drug-likeness (QED) is 0.252. The van der Waals surface area contributed by atoms with Gasteiger partial charge >= 0.3 is 0 Å². The maximum atomic E-state index is 9.00. The van der Waals surface area contributed by atoms with Crippen LogP contribution in [0.5, 0.6) is 0 Å². The van der Waals surface area contributed by atoms with E-state index in [1.165, 1.54) is 0 Å². The van der Waals surface area contributed by atoms with Gasteiger partial charge in [0.15, 0.2) is 0 Å². The average molecular weight is 507 g/mol. The van der Waals surface area contributed by atoms with Gasteiger partial charge in [-0.1, -0.05) is 24.3 Å². The highest BCUT2D eigenvalue weighted by atomic mass is 16.4. The van der Waals surface area contributed by atoms with Gasteiger partial charge in [0.1, 0.15) is 11.7 Å². The lowest BCUT2D eigenvalue weighted by Gasteiger charge is -2.05. The van der Waals surface area contributed by atoms with Gasteiger partial charge in [-0.3, -0.25) is 24.7 Å². The van der Waals surface area contributed by atoms with Crippen LogP contribution in [0.2, 0.25) is 0 Å². The minimum Gasteiger partial charge on any atom is -0.481 e. The number of benzene rings is 2. The Labute approximate surface area is 218 Å². The van der Waals surface area contributed by atoms with Crippen molar-refractivity contribution in [3.8, 4) is 22.5 Å². The molecular formula is C28H26N8O2. The number of carboxylic acid groups (broad SMARTS) is 1. The third-order valence-corrected chi connectivity index (χ3v) is 6.46. The molecule has 0 saturated heterocycles. The molecule has 0 amide bonds. The molecule has 0 bridgehead atoms. The van der Waals surface area contributed by atoms with Crippen LogP contribution in [0.25, 0.3) is 44.3 Å². The molecule has 0 fully saturated rings. The molecule has 0 atom stereocenters. The van der Waals surface area contributed by atoms with E-state index in [9.17, 15) is 0 Å². The zero-order chi connectivity index (χ0) is 26.1. The first-order chi connectivity index (χ1) is 18.6. The number of carboxylic acids is 1. The minimum atomic E-state index is -0.833. The number of aromatic amines is 2. The topological polar surface area (TPSA) is 143 Å². The highest BCUT2D eigenvalue weighted by Crippen LogP contribution is 2.31. The van der Waals surface area contributed by atoms with Crippen molar-refractivity contribution >= 4 is 39.4 Å². The van der Waals surface area contributed by atoms with Crippen LogP contribution in [-0.2, 0) is 4.79 Å². The lowest BCUT2D eigenvalue weighted by atomic mass is 10.1. The Bertz CT molecular complexity index is 1590. The number of aliphatic carboxylic acids is 1. The normalized spacial score (nSPS) is 14.4. The van der Waals surface area contributed by atoms with Gasteiger partial charge in [0.25, 0.3) is 5.97 Å². The number of rotatable bonds is 4. The summed E-state index contributed by atoms with van der Waals surface area (Å²) >= 11 is 0. The van der Waals surface area contributed by atoms with Gasteiger partial charge in [-0.05, 0) is 12.1 Å². The van der Waals surface area contributed by atoms with E-state index in [0.29, 0.717) is 0 Å². The molecule has 38 heavy (non-hydrogen) atoms. The number of nitrogens with zero attached hydrogens (tertiary/aromatic N) is 4. The lowest BCUT2D eigenvalue weighted by Crippen LogP contribution is -2.19. The Kier molecular flexibility index (Phi) is 6.04. The van der Waals surface area contributed by atoms with Gasteiger partial charge in [0.2, 0.25) is 0 Å². The van der Waals surface area contributed by atoms with Crippen LogP contribution in [0.3, 0.4) is 0 Å². The fraction of sp³-hybridized carbons (Fsp3) is 0.179. The summed E-state index contributed by atoms with van der Waals surface area (Å²) in [5, 5.41) is 16.3. The number of hydrogen-bond donors (Lipinski definition) is 5. The molecule has 0 spiro atoms. The number of hydrogen-bond acceptors (Lipinski definition) is 7. The molecule has 0 radical (unpaired) electrons. The SMILES string of the molecule is CC(=O)O.c1cc2c(-c3cnc(-c4c[nH]c5cc(C6=NCCN6)ccc45)cn3)c[nH]c2cc1C1=NCCN1. The molecule has 0 unspecified atom stereocenters.